The number of carbonyl (C=O) groups is 1. The highest BCUT2D eigenvalue weighted by Crippen LogP contribution is 2.34. The fourth-order valence-electron chi connectivity index (χ4n) is 3.13. The number of aromatic nitrogens is 3. The van der Waals surface area contributed by atoms with Crippen LogP contribution in [0, 0.1) is 6.92 Å². The van der Waals surface area contributed by atoms with E-state index in [-0.39, 0.29) is 11.1 Å². The van der Waals surface area contributed by atoms with Crippen LogP contribution >= 0.6 is 0 Å². The molecule has 0 unspecified atom stereocenters. The first-order valence-electron chi connectivity index (χ1n) is 8.72. The largest absolute Gasteiger partial charge is 0.478 e. The Hall–Kier alpha value is -3.93. The van der Waals surface area contributed by atoms with Crippen LogP contribution in [-0.4, -0.2) is 26.0 Å². The molecule has 138 valence electrons. The van der Waals surface area contributed by atoms with Crippen LogP contribution in [-0.2, 0) is 0 Å². The molecule has 0 aliphatic heterocycles. The molecule has 0 radical (unpaired) electrons. The molecule has 2 heterocycles. The molecule has 0 fully saturated rings. The van der Waals surface area contributed by atoms with Crippen molar-refractivity contribution < 1.29 is 9.90 Å². The van der Waals surface area contributed by atoms with Crippen molar-refractivity contribution in [3.8, 4) is 33.9 Å². The van der Waals surface area contributed by atoms with Crippen molar-refractivity contribution in [3.63, 3.8) is 0 Å². The van der Waals surface area contributed by atoms with Crippen LogP contribution < -0.4 is 5.56 Å². The number of aryl methyl sites for hydroxylation is 1. The van der Waals surface area contributed by atoms with Crippen molar-refractivity contribution in [3.05, 3.63) is 88.3 Å². The van der Waals surface area contributed by atoms with Gasteiger partial charge < -0.3 is 15.1 Å². The summed E-state index contributed by atoms with van der Waals surface area (Å²) in [6, 6.07) is 17.8. The molecule has 4 aromatic rings. The molecule has 0 aliphatic rings. The van der Waals surface area contributed by atoms with Crippen LogP contribution in [0.1, 0.15) is 15.9 Å². The Labute approximate surface area is 160 Å². The summed E-state index contributed by atoms with van der Waals surface area (Å²) in [6.45, 7) is 1.91. The topological polar surface area (TPSA) is 98.8 Å². The van der Waals surface area contributed by atoms with Gasteiger partial charge in [-0.3, -0.25) is 4.79 Å². The lowest BCUT2D eigenvalue weighted by molar-refractivity contribution is 0.0697. The van der Waals surface area contributed by atoms with E-state index in [1.165, 1.54) is 6.07 Å². The number of aromatic carboxylic acids is 1. The number of hydrogen-bond acceptors (Lipinski definition) is 3. The smallest absolute Gasteiger partial charge is 0.335 e. The van der Waals surface area contributed by atoms with Crippen LogP contribution in [0.3, 0.4) is 0 Å². The van der Waals surface area contributed by atoms with Crippen LogP contribution in [0.25, 0.3) is 33.9 Å². The van der Waals surface area contributed by atoms with Gasteiger partial charge in [0.2, 0.25) is 5.56 Å². The summed E-state index contributed by atoms with van der Waals surface area (Å²) in [4.78, 5) is 33.9. The summed E-state index contributed by atoms with van der Waals surface area (Å²) in [5.74, 6) is -0.354. The minimum absolute atomic E-state index is 0.188. The number of imidazole rings is 1. The molecule has 0 saturated carbocycles. The van der Waals surface area contributed by atoms with E-state index < -0.39 is 5.97 Å². The Balaban J connectivity index is 1.98. The number of aromatic amines is 2. The number of nitrogens with zero attached hydrogens (tertiary/aromatic N) is 1. The average Bonchev–Trinajstić information content (AvgIpc) is 3.14. The van der Waals surface area contributed by atoms with Gasteiger partial charge in [-0.1, -0.05) is 36.4 Å². The van der Waals surface area contributed by atoms with E-state index in [1.807, 2.05) is 37.3 Å². The van der Waals surface area contributed by atoms with Crippen molar-refractivity contribution in [2.75, 3.05) is 0 Å². The number of carboxylic acid groups (broad SMARTS) is 1. The lowest BCUT2D eigenvalue weighted by Crippen LogP contribution is -2.02. The maximum absolute atomic E-state index is 11.8. The maximum Gasteiger partial charge on any atom is 0.335 e. The second-order valence-corrected chi connectivity index (χ2v) is 6.45. The Bertz CT molecular complexity index is 1220. The highest BCUT2D eigenvalue weighted by atomic mass is 16.4. The molecule has 28 heavy (non-hydrogen) atoms. The van der Waals surface area contributed by atoms with Crippen LogP contribution in [0.4, 0.5) is 0 Å². The summed E-state index contributed by atoms with van der Waals surface area (Å²) in [5.41, 5.74) is 4.39. The second kappa shape index (κ2) is 7.00. The average molecular weight is 371 g/mol. The Kier molecular flexibility index (Phi) is 4.37. The SMILES string of the molecule is Cc1ccc(C(=O)O)cc1-c1[nH]c(-c2ccccc2)nc1-c1cc[nH]c(=O)c1. The van der Waals surface area contributed by atoms with E-state index in [9.17, 15) is 14.7 Å². The number of hydrogen-bond donors (Lipinski definition) is 3. The zero-order chi connectivity index (χ0) is 19.7. The molecular formula is C22H17N3O3. The van der Waals surface area contributed by atoms with Gasteiger partial charge >= 0.3 is 5.97 Å². The first-order valence-corrected chi connectivity index (χ1v) is 8.72. The molecular weight excluding hydrogens is 354 g/mol. The van der Waals surface area contributed by atoms with Gasteiger partial charge in [-0.2, -0.15) is 0 Å². The number of rotatable bonds is 4. The van der Waals surface area contributed by atoms with Crippen LogP contribution in [0.2, 0.25) is 0 Å². The molecule has 0 bridgehead atoms. The summed E-state index contributed by atoms with van der Waals surface area (Å²) in [5, 5.41) is 9.38. The zero-order valence-corrected chi connectivity index (χ0v) is 15.1. The number of carboxylic acids is 1. The van der Waals surface area contributed by atoms with E-state index in [4.69, 9.17) is 4.98 Å². The molecule has 6 nitrogen and oxygen atoms in total. The third-order valence-corrected chi connectivity index (χ3v) is 4.55. The second-order valence-electron chi connectivity index (χ2n) is 6.45. The maximum atomic E-state index is 11.8. The van der Waals surface area contributed by atoms with E-state index in [0.29, 0.717) is 22.8 Å². The van der Waals surface area contributed by atoms with Crippen molar-refractivity contribution >= 4 is 5.97 Å². The highest BCUT2D eigenvalue weighted by Gasteiger charge is 2.18. The van der Waals surface area contributed by atoms with Gasteiger partial charge in [0, 0.05) is 29.0 Å². The molecule has 0 atom stereocenters. The van der Waals surface area contributed by atoms with Gasteiger partial charge in [-0.25, -0.2) is 9.78 Å². The quantitative estimate of drug-likeness (QED) is 0.503. The Morgan fingerprint density at radius 3 is 2.50 bits per heavy atom. The minimum atomic E-state index is -0.998. The molecule has 0 amide bonds. The number of H-pyrrole nitrogens is 2. The summed E-state index contributed by atoms with van der Waals surface area (Å²) in [6.07, 6.45) is 1.57. The molecule has 2 aromatic heterocycles. The fourth-order valence-corrected chi connectivity index (χ4v) is 3.13. The zero-order valence-electron chi connectivity index (χ0n) is 15.1. The number of benzene rings is 2. The van der Waals surface area contributed by atoms with Crippen molar-refractivity contribution in [2.24, 2.45) is 0 Å². The molecule has 4 rings (SSSR count). The standard InChI is InChI=1S/C22H17N3O3/c1-13-7-8-16(22(27)28)11-17(13)20-19(15-9-10-23-18(26)12-15)24-21(25-20)14-5-3-2-4-6-14/h2-12H,1H3,(H,23,26)(H,24,25)(H,27,28). The van der Waals surface area contributed by atoms with Gasteiger partial charge in [0.05, 0.1) is 17.0 Å². The van der Waals surface area contributed by atoms with Gasteiger partial charge in [0.25, 0.3) is 0 Å². The third-order valence-electron chi connectivity index (χ3n) is 4.55. The number of pyridine rings is 1. The normalized spacial score (nSPS) is 10.8. The minimum Gasteiger partial charge on any atom is -0.478 e. The van der Waals surface area contributed by atoms with Crippen molar-refractivity contribution in [1.82, 2.24) is 15.0 Å². The monoisotopic (exact) mass is 371 g/mol. The Morgan fingerprint density at radius 2 is 1.79 bits per heavy atom. The predicted octanol–water partition coefficient (Wildman–Crippen LogP) is 4.11. The fraction of sp³-hybridized carbons (Fsp3) is 0.0455. The first kappa shape index (κ1) is 17.5. The van der Waals surface area contributed by atoms with Gasteiger partial charge in [0.15, 0.2) is 0 Å². The van der Waals surface area contributed by atoms with Crippen molar-refractivity contribution in [2.45, 2.75) is 6.92 Å². The first-order chi connectivity index (χ1) is 13.5. The van der Waals surface area contributed by atoms with E-state index in [0.717, 1.165) is 16.7 Å². The van der Waals surface area contributed by atoms with Gasteiger partial charge in [-0.05, 0) is 30.7 Å². The molecule has 0 spiro atoms. The summed E-state index contributed by atoms with van der Waals surface area (Å²) >= 11 is 0. The van der Waals surface area contributed by atoms with Gasteiger partial charge in [-0.15, -0.1) is 0 Å². The number of nitrogens with one attached hydrogen (secondary N) is 2. The molecule has 2 aromatic carbocycles. The molecule has 6 heteroatoms. The van der Waals surface area contributed by atoms with Crippen LogP contribution in [0.15, 0.2) is 71.7 Å². The third kappa shape index (κ3) is 3.23. The summed E-state index contributed by atoms with van der Waals surface area (Å²) < 4.78 is 0. The van der Waals surface area contributed by atoms with Gasteiger partial charge in [0.1, 0.15) is 5.82 Å². The van der Waals surface area contributed by atoms with Crippen molar-refractivity contribution in [1.29, 1.82) is 0 Å². The highest BCUT2D eigenvalue weighted by molar-refractivity contribution is 5.91. The summed E-state index contributed by atoms with van der Waals surface area (Å²) in [7, 11) is 0. The van der Waals surface area contributed by atoms with E-state index in [1.54, 1.807) is 30.5 Å². The molecule has 3 N–H and O–H groups in total. The molecule has 0 saturated heterocycles. The predicted molar refractivity (Wildman–Crippen MR) is 107 cm³/mol. The van der Waals surface area contributed by atoms with E-state index in [2.05, 4.69) is 9.97 Å². The lowest BCUT2D eigenvalue weighted by Gasteiger charge is -2.08. The Morgan fingerprint density at radius 1 is 1.00 bits per heavy atom. The molecule has 0 aliphatic carbocycles. The van der Waals surface area contributed by atoms with Crippen LogP contribution in [0.5, 0.6) is 0 Å². The lowest BCUT2D eigenvalue weighted by atomic mass is 9.99. The van der Waals surface area contributed by atoms with E-state index >= 15 is 0 Å².